The lowest BCUT2D eigenvalue weighted by atomic mass is 10.1. The van der Waals surface area contributed by atoms with Crippen LogP contribution in [0.1, 0.15) is 10.4 Å². The summed E-state index contributed by atoms with van der Waals surface area (Å²) < 4.78 is 37.2. The number of nitrogens with one attached hydrogen (secondary N) is 3. The molecule has 0 saturated carbocycles. The van der Waals surface area contributed by atoms with Crippen LogP contribution in [-0.2, 0) is 4.79 Å². The van der Waals surface area contributed by atoms with Crippen molar-refractivity contribution in [3.8, 4) is 0 Å². The van der Waals surface area contributed by atoms with Crippen LogP contribution in [0.4, 0.5) is 24.5 Å². The van der Waals surface area contributed by atoms with Gasteiger partial charge < -0.3 is 15.6 Å². The number of aromatic nitrogens is 2. The van der Waals surface area contributed by atoms with Gasteiger partial charge in [-0.25, -0.2) is 4.98 Å². The van der Waals surface area contributed by atoms with Crippen LogP contribution < -0.4 is 10.6 Å². The Morgan fingerprint density at radius 1 is 1.00 bits per heavy atom. The van der Waals surface area contributed by atoms with Gasteiger partial charge in [0.25, 0.3) is 5.91 Å². The fourth-order valence-corrected chi connectivity index (χ4v) is 2.17. The van der Waals surface area contributed by atoms with Crippen LogP contribution >= 0.6 is 0 Å². The summed E-state index contributed by atoms with van der Waals surface area (Å²) >= 11 is 0. The van der Waals surface area contributed by atoms with Crippen LogP contribution in [0.3, 0.4) is 0 Å². The molecule has 0 aliphatic heterocycles. The van der Waals surface area contributed by atoms with Crippen LogP contribution in [-0.4, -0.2) is 28.0 Å². The normalized spacial score (nSPS) is 11.3. The molecular weight excluding hydrogens is 337 g/mol. The number of rotatable bonds is 3. The Balaban J connectivity index is 1.82. The Labute approximate surface area is 139 Å². The second kappa shape index (κ2) is 6.27. The minimum atomic E-state index is -5.03. The smallest absolute Gasteiger partial charge is 0.345 e. The maximum absolute atomic E-state index is 12.4. The third-order valence-corrected chi connectivity index (χ3v) is 3.36. The van der Waals surface area contributed by atoms with Gasteiger partial charge in [-0.15, -0.1) is 0 Å². The summed E-state index contributed by atoms with van der Waals surface area (Å²) in [7, 11) is 0. The molecule has 0 aliphatic rings. The zero-order valence-electron chi connectivity index (χ0n) is 12.5. The minimum absolute atomic E-state index is 0.0507. The average molecular weight is 348 g/mol. The monoisotopic (exact) mass is 348 g/mol. The van der Waals surface area contributed by atoms with Gasteiger partial charge >= 0.3 is 12.1 Å². The summed E-state index contributed by atoms with van der Waals surface area (Å²) in [6.07, 6.45) is -3.54. The second-order valence-electron chi connectivity index (χ2n) is 5.09. The van der Waals surface area contributed by atoms with Crippen molar-refractivity contribution in [1.29, 1.82) is 0 Å². The number of para-hydroxylation sites is 2. The van der Waals surface area contributed by atoms with Crippen molar-refractivity contribution < 1.29 is 22.8 Å². The number of benzene rings is 2. The summed E-state index contributed by atoms with van der Waals surface area (Å²) in [5, 5.41) is 4.22. The van der Waals surface area contributed by atoms with Crippen molar-refractivity contribution in [2.45, 2.75) is 6.18 Å². The van der Waals surface area contributed by atoms with Crippen LogP contribution in [0.2, 0.25) is 0 Å². The molecule has 3 N–H and O–H groups in total. The number of amides is 2. The first kappa shape index (κ1) is 16.5. The maximum atomic E-state index is 12.4. The Hall–Kier alpha value is -3.36. The lowest BCUT2D eigenvalue weighted by molar-refractivity contribution is -0.167. The Bertz CT molecular complexity index is 950. The van der Waals surface area contributed by atoms with Crippen LogP contribution in [0.25, 0.3) is 11.0 Å². The molecule has 6 nitrogen and oxygen atoms in total. The molecule has 9 heteroatoms. The Morgan fingerprint density at radius 3 is 2.36 bits per heavy atom. The van der Waals surface area contributed by atoms with Crippen LogP contribution in [0.15, 0.2) is 48.8 Å². The number of anilines is 2. The van der Waals surface area contributed by atoms with Gasteiger partial charge in [-0.1, -0.05) is 12.1 Å². The molecule has 0 saturated heterocycles. The number of imidazole rings is 1. The summed E-state index contributed by atoms with van der Waals surface area (Å²) in [4.78, 5) is 30.3. The summed E-state index contributed by atoms with van der Waals surface area (Å²) in [5.74, 6) is -2.65. The second-order valence-corrected chi connectivity index (χ2v) is 5.09. The van der Waals surface area contributed by atoms with Crippen molar-refractivity contribution in [2.24, 2.45) is 0 Å². The van der Waals surface area contributed by atoms with Crippen LogP contribution in [0.5, 0.6) is 0 Å². The molecule has 0 radical (unpaired) electrons. The molecule has 0 atom stereocenters. The molecule has 128 valence electrons. The number of hydrogen-bond donors (Lipinski definition) is 3. The highest BCUT2D eigenvalue weighted by molar-refractivity contribution is 6.08. The van der Waals surface area contributed by atoms with E-state index in [4.69, 9.17) is 0 Å². The number of aromatic amines is 1. The van der Waals surface area contributed by atoms with Gasteiger partial charge in [0, 0.05) is 5.56 Å². The highest BCUT2D eigenvalue weighted by Gasteiger charge is 2.39. The summed E-state index contributed by atoms with van der Waals surface area (Å²) in [6, 6.07) is 10.4. The van der Waals surface area contributed by atoms with E-state index >= 15 is 0 Å². The number of carbonyl (C=O) groups is 2. The number of H-pyrrole nitrogens is 1. The van der Waals surface area contributed by atoms with Crippen molar-refractivity contribution in [3.63, 3.8) is 0 Å². The van der Waals surface area contributed by atoms with Crippen LogP contribution in [0, 0.1) is 0 Å². The quantitative estimate of drug-likeness (QED) is 0.679. The molecule has 3 rings (SSSR count). The highest BCUT2D eigenvalue weighted by atomic mass is 19.4. The SMILES string of the molecule is O=C(Nc1ccccc1NC(=O)C(F)(F)F)c1ccc2nc[nH]c2c1. The number of halogens is 3. The number of hydrogen-bond acceptors (Lipinski definition) is 3. The molecule has 0 bridgehead atoms. The third kappa shape index (κ3) is 3.60. The third-order valence-electron chi connectivity index (χ3n) is 3.36. The lowest BCUT2D eigenvalue weighted by Gasteiger charge is -2.13. The first-order valence-corrected chi connectivity index (χ1v) is 7.06. The molecule has 1 aromatic heterocycles. The topological polar surface area (TPSA) is 86.9 Å². The van der Waals surface area contributed by atoms with E-state index in [0.717, 1.165) is 0 Å². The van der Waals surface area contributed by atoms with Gasteiger partial charge in [0.05, 0.1) is 28.7 Å². The molecule has 2 amide bonds. The van der Waals surface area contributed by atoms with Gasteiger partial charge in [0.2, 0.25) is 0 Å². The molecule has 0 fully saturated rings. The lowest BCUT2D eigenvalue weighted by Crippen LogP contribution is -2.30. The zero-order valence-corrected chi connectivity index (χ0v) is 12.5. The molecule has 0 unspecified atom stereocenters. The van der Waals surface area contributed by atoms with E-state index < -0.39 is 18.0 Å². The van der Waals surface area contributed by atoms with E-state index in [-0.39, 0.29) is 16.9 Å². The zero-order chi connectivity index (χ0) is 18.0. The number of alkyl halides is 3. The predicted molar refractivity (Wildman–Crippen MR) is 85.2 cm³/mol. The highest BCUT2D eigenvalue weighted by Crippen LogP contribution is 2.25. The average Bonchev–Trinajstić information content (AvgIpc) is 3.03. The molecule has 3 aromatic rings. The molecule has 1 heterocycles. The van der Waals surface area contributed by atoms with Crippen molar-refractivity contribution in [1.82, 2.24) is 9.97 Å². The van der Waals surface area contributed by atoms with E-state index in [2.05, 4.69) is 15.3 Å². The van der Waals surface area contributed by atoms with Crippen molar-refractivity contribution >= 4 is 34.2 Å². The van der Waals surface area contributed by atoms with E-state index in [1.807, 2.05) is 0 Å². The van der Waals surface area contributed by atoms with Crippen molar-refractivity contribution in [2.75, 3.05) is 10.6 Å². The number of carbonyl (C=O) groups excluding carboxylic acids is 2. The van der Waals surface area contributed by atoms with E-state index in [1.54, 1.807) is 17.4 Å². The Kier molecular flexibility index (Phi) is 4.14. The predicted octanol–water partition coefficient (Wildman–Crippen LogP) is 3.32. The molecule has 25 heavy (non-hydrogen) atoms. The first-order valence-electron chi connectivity index (χ1n) is 7.06. The fourth-order valence-electron chi connectivity index (χ4n) is 2.17. The van der Waals surface area contributed by atoms with Gasteiger partial charge in [0.1, 0.15) is 0 Å². The van der Waals surface area contributed by atoms with Gasteiger partial charge in [0.15, 0.2) is 0 Å². The van der Waals surface area contributed by atoms with Gasteiger partial charge in [-0.3, -0.25) is 9.59 Å². The standard InChI is InChI=1S/C16H11F3N4O2/c17-16(18,19)15(25)23-12-4-2-1-3-11(12)22-14(24)9-5-6-10-13(7-9)21-8-20-10/h1-8H,(H,20,21)(H,22,24)(H,23,25). The number of fused-ring (bicyclic) bond motifs is 1. The molecular formula is C16H11F3N4O2. The fraction of sp³-hybridized carbons (Fsp3) is 0.0625. The van der Waals surface area contributed by atoms with Gasteiger partial charge in [-0.2, -0.15) is 13.2 Å². The van der Waals surface area contributed by atoms with Crippen molar-refractivity contribution in [3.05, 3.63) is 54.4 Å². The molecule has 0 spiro atoms. The van der Waals surface area contributed by atoms with E-state index in [9.17, 15) is 22.8 Å². The minimum Gasteiger partial charge on any atom is -0.345 e. The van der Waals surface area contributed by atoms with Gasteiger partial charge in [-0.05, 0) is 30.3 Å². The van der Waals surface area contributed by atoms with E-state index in [1.165, 1.54) is 36.7 Å². The maximum Gasteiger partial charge on any atom is 0.471 e. The largest absolute Gasteiger partial charge is 0.471 e. The molecule has 2 aromatic carbocycles. The molecule has 0 aliphatic carbocycles. The Morgan fingerprint density at radius 2 is 1.68 bits per heavy atom. The summed E-state index contributed by atoms with van der Waals surface area (Å²) in [6.45, 7) is 0. The first-order chi connectivity index (χ1) is 11.8. The number of nitrogens with zero attached hydrogens (tertiary/aromatic N) is 1. The van der Waals surface area contributed by atoms with E-state index in [0.29, 0.717) is 11.0 Å². The summed E-state index contributed by atoms with van der Waals surface area (Å²) in [5.41, 5.74) is 1.50.